The van der Waals surface area contributed by atoms with Gasteiger partial charge in [0.15, 0.2) is 0 Å². The number of carbonyl (C=O) groups excluding carboxylic acids is 2. The SMILES string of the molecule is Cc1cc(-c2nnn(CC3CCC(NC(=O)CN)CC3)n2)cc(C(=O)NCc2ccc(F)c(Cl)c2)n1. The average Bonchev–Trinajstić information content (AvgIpc) is 3.34. The molecule has 0 unspecified atom stereocenters. The topological polar surface area (TPSA) is 141 Å². The number of hydrogen-bond donors (Lipinski definition) is 3. The van der Waals surface area contributed by atoms with E-state index in [1.807, 2.05) is 0 Å². The number of pyridine rings is 1. The molecule has 2 aromatic heterocycles. The lowest BCUT2D eigenvalue weighted by Gasteiger charge is -2.28. The normalized spacial score (nSPS) is 17.6. The van der Waals surface area contributed by atoms with Crippen molar-refractivity contribution < 1.29 is 14.0 Å². The quantitative estimate of drug-likeness (QED) is 0.419. The third kappa shape index (κ3) is 6.61. The smallest absolute Gasteiger partial charge is 0.270 e. The lowest BCUT2D eigenvalue weighted by molar-refractivity contribution is -0.120. The number of nitrogens with one attached hydrogen (secondary N) is 2. The van der Waals surface area contributed by atoms with Crippen molar-refractivity contribution in [2.75, 3.05) is 6.54 Å². The molecule has 36 heavy (non-hydrogen) atoms. The highest BCUT2D eigenvalue weighted by atomic mass is 35.5. The Bertz CT molecular complexity index is 1240. The maximum absolute atomic E-state index is 13.3. The highest BCUT2D eigenvalue weighted by Crippen LogP contribution is 2.26. The molecule has 3 aromatic rings. The van der Waals surface area contributed by atoms with Gasteiger partial charge in [0, 0.05) is 23.8 Å². The number of nitrogens with zero attached hydrogens (tertiary/aromatic N) is 5. The molecular formula is C24H28ClFN8O2. The van der Waals surface area contributed by atoms with Gasteiger partial charge in [-0.1, -0.05) is 17.7 Å². The van der Waals surface area contributed by atoms with E-state index in [0.29, 0.717) is 35.1 Å². The molecule has 2 amide bonds. The Morgan fingerprint density at radius 2 is 1.97 bits per heavy atom. The maximum atomic E-state index is 13.3. The Hall–Kier alpha value is -3.44. The van der Waals surface area contributed by atoms with E-state index in [9.17, 15) is 14.0 Å². The summed E-state index contributed by atoms with van der Waals surface area (Å²) in [6, 6.07) is 7.86. The van der Waals surface area contributed by atoms with Crippen LogP contribution in [0.25, 0.3) is 11.4 Å². The first-order valence-corrected chi connectivity index (χ1v) is 12.2. The number of aromatic nitrogens is 5. The fourth-order valence-corrected chi connectivity index (χ4v) is 4.48. The first kappa shape index (κ1) is 25.6. The molecule has 4 N–H and O–H groups in total. The van der Waals surface area contributed by atoms with Gasteiger partial charge >= 0.3 is 0 Å². The standard InChI is InChI=1S/C24H28ClFN8O2/c1-14-8-17(10-21(29-14)24(36)28-12-16-4-7-20(26)19(25)9-16)23-31-33-34(32-23)13-15-2-5-18(6-3-15)30-22(35)11-27/h4,7-10,15,18H,2-3,5-6,11-13,27H2,1H3,(H,28,36)(H,30,35). The summed E-state index contributed by atoms with van der Waals surface area (Å²) in [7, 11) is 0. The number of benzene rings is 1. The van der Waals surface area contributed by atoms with Gasteiger partial charge in [0.25, 0.3) is 5.91 Å². The minimum atomic E-state index is -0.513. The summed E-state index contributed by atoms with van der Waals surface area (Å²) in [6.07, 6.45) is 3.68. The van der Waals surface area contributed by atoms with E-state index < -0.39 is 5.82 Å². The van der Waals surface area contributed by atoms with Crippen LogP contribution in [0.15, 0.2) is 30.3 Å². The molecule has 0 bridgehead atoms. The van der Waals surface area contributed by atoms with Crippen LogP contribution in [0.1, 0.15) is 47.4 Å². The molecule has 0 spiro atoms. The lowest BCUT2D eigenvalue weighted by Crippen LogP contribution is -2.41. The van der Waals surface area contributed by atoms with Gasteiger partial charge in [-0.05, 0) is 73.6 Å². The number of halogens is 2. The van der Waals surface area contributed by atoms with Crippen molar-refractivity contribution in [3.63, 3.8) is 0 Å². The van der Waals surface area contributed by atoms with Gasteiger partial charge in [0.2, 0.25) is 11.7 Å². The van der Waals surface area contributed by atoms with Crippen LogP contribution in [0.4, 0.5) is 4.39 Å². The number of hydrogen-bond acceptors (Lipinski definition) is 7. The summed E-state index contributed by atoms with van der Waals surface area (Å²) in [6.45, 7) is 2.59. The zero-order valence-corrected chi connectivity index (χ0v) is 20.6. The van der Waals surface area contributed by atoms with E-state index in [1.54, 1.807) is 29.9 Å². The van der Waals surface area contributed by atoms with Crippen LogP contribution >= 0.6 is 11.6 Å². The number of aryl methyl sites for hydroxylation is 1. The van der Waals surface area contributed by atoms with Crippen LogP contribution in [0.2, 0.25) is 5.02 Å². The van der Waals surface area contributed by atoms with Gasteiger partial charge in [-0.3, -0.25) is 9.59 Å². The Morgan fingerprint density at radius 1 is 1.19 bits per heavy atom. The first-order valence-electron chi connectivity index (χ1n) is 11.8. The first-order chi connectivity index (χ1) is 17.3. The minimum Gasteiger partial charge on any atom is -0.352 e. The largest absolute Gasteiger partial charge is 0.352 e. The second-order valence-electron chi connectivity index (χ2n) is 8.97. The van der Waals surface area contributed by atoms with Crippen molar-refractivity contribution in [3.8, 4) is 11.4 Å². The van der Waals surface area contributed by atoms with Gasteiger partial charge in [-0.25, -0.2) is 9.37 Å². The molecule has 1 saturated carbocycles. The fourth-order valence-electron chi connectivity index (χ4n) is 4.28. The number of rotatable bonds is 8. The van der Waals surface area contributed by atoms with Crippen molar-refractivity contribution >= 4 is 23.4 Å². The number of nitrogens with two attached hydrogens (primary N) is 1. The average molecular weight is 515 g/mol. The van der Waals surface area contributed by atoms with Gasteiger partial charge in [0.1, 0.15) is 11.5 Å². The molecule has 10 nitrogen and oxygen atoms in total. The number of amides is 2. The van der Waals surface area contributed by atoms with E-state index in [2.05, 4.69) is 31.0 Å². The predicted molar refractivity (Wildman–Crippen MR) is 131 cm³/mol. The Balaban J connectivity index is 1.36. The predicted octanol–water partition coefficient (Wildman–Crippen LogP) is 2.40. The second-order valence-corrected chi connectivity index (χ2v) is 9.38. The number of carbonyl (C=O) groups is 2. The van der Waals surface area contributed by atoms with E-state index in [4.69, 9.17) is 17.3 Å². The molecule has 0 aliphatic heterocycles. The van der Waals surface area contributed by atoms with Gasteiger partial charge in [-0.15, -0.1) is 10.2 Å². The summed E-state index contributed by atoms with van der Waals surface area (Å²) in [4.78, 5) is 30.1. The van der Waals surface area contributed by atoms with Crippen molar-refractivity contribution in [3.05, 3.63) is 58.1 Å². The van der Waals surface area contributed by atoms with Crippen LogP contribution in [0.3, 0.4) is 0 Å². The molecule has 12 heteroatoms. The highest BCUT2D eigenvalue weighted by Gasteiger charge is 2.23. The van der Waals surface area contributed by atoms with Gasteiger partial charge in [0.05, 0.1) is 18.1 Å². The second kappa shape index (κ2) is 11.5. The Labute approximate surface area is 212 Å². The summed E-state index contributed by atoms with van der Waals surface area (Å²) in [5.41, 5.74) is 7.53. The molecule has 0 atom stereocenters. The molecule has 1 aromatic carbocycles. The van der Waals surface area contributed by atoms with Crippen LogP contribution in [0.5, 0.6) is 0 Å². The van der Waals surface area contributed by atoms with Gasteiger partial charge < -0.3 is 16.4 Å². The summed E-state index contributed by atoms with van der Waals surface area (Å²) < 4.78 is 13.3. The van der Waals surface area contributed by atoms with E-state index in [1.165, 1.54) is 12.1 Å². The van der Waals surface area contributed by atoms with E-state index in [-0.39, 0.29) is 41.7 Å². The summed E-state index contributed by atoms with van der Waals surface area (Å²) in [5.74, 6) is -0.226. The Kier molecular flexibility index (Phi) is 8.21. The molecule has 1 aliphatic rings. The summed E-state index contributed by atoms with van der Waals surface area (Å²) in [5, 5.41) is 18.6. The summed E-state index contributed by atoms with van der Waals surface area (Å²) >= 11 is 5.81. The fraction of sp³-hybridized carbons (Fsp3) is 0.417. The lowest BCUT2D eigenvalue weighted by atomic mass is 9.86. The molecule has 0 radical (unpaired) electrons. The molecule has 4 rings (SSSR count). The Morgan fingerprint density at radius 3 is 2.69 bits per heavy atom. The van der Waals surface area contributed by atoms with Crippen LogP contribution in [0, 0.1) is 18.7 Å². The monoisotopic (exact) mass is 514 g/mol. The number of tetrazole rings is 1. The highest BCUT2D eigenvalue weighted by molar-refractivity contribution is 6.30. The van der Waals surface area contributed by atoms with Crippen molar-refractivity contribution in [2.24, 2.45) is 11.7 Å². The maximum Gasteiger partial charge on any atom is 0.270 e. The van der Waals surface area contributed by atoms with Crippen LogP contribution < -0.4 is 16.4 Å². The van der Waals surface area contributed by atoms with E-state index in [0.717, 1.165) is 25.7 Å². The molecule has 0 saturated heterocycles. The van der Waals surface area contributed by atoms with Crippen LogP contribution in [-0.4, -0.2) is 49.6 Å². The van der Waals surface area contributed by atoms with Gasteiger partial charge in [-0.2, -0.15) is 4.80 Å². The molecular weight excluding hydrogens is 487 g/mol. The van der Waals surface area contributed by atoms with Crippen LogP contribution in [-0.2, 0) is 17.9 Å². The van der Waals surface area contributed by atoms with Crippen molar-refractivity contribution in [1.82, 2.24) is 35.8 Å². The minimum absolute atomic E-state index is 0.00159. The molecule has 1 aliphatic carbocycles. The molecule has 2 heterocycles. The zero-order valence-electron chi connectivity index (χ0n) is 19.9. The van der Waals surface area contributed by atoms with Crippen molar-refractivity contribution in [2.45, 2.75) is 51.7 Å². The third-order valence-electron chi connectivity index (χ3n) is 6.15. The third-order valence-corrected chi connectivity index (χ3v) is 6.44. The van der Waals surface area contributed by atoms with E-state index >= 15 is 0 Å². The molecule has 190 valence electrons. The molecule has 1 fully saturated rings. The zero-order chi connectivity index (χ0) is 25.7. The van der Waals surface area contributed by atoms with Crippen molar-refractivity contribution in [1.29, 1.82) is 0 Å².